The van der Waals surface area contributed by atoms with E-state index in [1.807, 2.05) is 24.3 Å². The molecule has 1 saturated heterocycles. The van der Waals surface area contributed by atoms with Crippen molar-refractivity contribution in [1.29, 1.82) is 0 Å². The van der Waals surface area contributed by atoms with Crippen LogP contribution in [-0.2, 0) is 0 Å². The lowest BCUT2D eigenvalue weighted by molar-refractivity contribution is -0.928. The van der Waals surface area contributed by atoms with Crippen LogP contribution in [0.3, 0.4) is 0 Å². The molecule has 3 N–H and O–H groups in total. The number of likely N-dealkylation sites (tertiary alicyclic amines) is 1. The molecule has 24 heavy (non-hydrogen) atoms. The molecule has 5 nitrogen and oxygen atoms in total. The molecule has 0 bridgehead atoms. The Kier molecular flexibility index (Phi) is 5.30. The van der Waals surface area contributed by atoms with E-state index in [9.17, 15) is 9.59 Å². The van der Waals surface area contributed by atoms with Gasteiger partial charge in [-0.3, -0.25) is 9.59 Å². The minimum Gasteiger partial charge on any atom is -0.384 e. The van der Waals surface area contributed by atoms with Gasteiger partial charge in [-0.25, -0.2) is 0 Å². The number of aromatic amines is 1. The number of para-hydroxylation sites is 1. The Hall–Kier alpha value is -2.14. The molecule has 1 unspecified atom stereocenters. The fraction of sp³-hybridized carbons (Fsp3) is 0.474. The van der Waals surface area contributed by atoms with Crippen molar-refractivity contribution in [2.75, 3.05) is 25.0 Å². The number of carbonyl (C=O) groups is 1. The Bertz CT molecular complexity index is 769. The van der Waals surface area contributed by atoms with Crippen molar-refractivity contribution in [3.8, 4) is 0 Å². The van der Waals surface area contributed by atoms with Gasteiger partial charge < -0.3 is 15.2 Å². The van der Waals surface area contributed by atoms with Gasteiger partial charge in [0.25, 0.3) is 5.56 Å². The van der Waals surface area contributed by atoms with Gasteiger partial charge in [-0.1, -0.05) is 18.2 Å². The van der Waals surface area contributed by atoms with E-state index in [0.717, 1.165) is 36.5 Å². The Balaban J connectivity index is 1.70. The van der Waals surface area contributed by atoms with Gasteiger partial charge in [0.2, 0.25) is 0 Å². The maximum Gasteiger partial charge on any atom is 0.261 e. The number of fused-ring (bicyclic) bond motifs is 1. The van der Waals surface area contributed by atoms with Crippen LogP contribution in [0.25, 0.3) is 10.9 Å². The topological polar surface area (TPSA) is 66.4 Å². The summed E-state index contributed by atoms with van der Waals surface area (Å²) < 4.78 is 0. The van der Waals surface area contributed by atoms with Crippen molar-refractivity contribution in [3.63, 3.8) is 0 Å². The van der Waals surface area contributed by atoms with Crippen LogP contribution in [0.4, 0.5) is 5.69 Å². The lowest BCUT2D eigenvalue weighted by atomic mass is 10.0. The van der Waals surface area contributed by atoms with Crippen LogP contribution >= 0.6 is 0 Å². The molecule has 1 fully saturated rings. The highest BCUT2D eigenvalue weighted by atomic mass is 16.1. The predicted octanol–water partition coefficient (Wildman–Crippen LogP) is 1.60. The first-order valence-corrected chi connectivity index (χ1v) is 8.89. The molecule has 0 aliphatic carbocycles. The third-order valence-corrected chi connectivity index (χ3v) is 5.13. The number of piperidine rings is 1. The number of anilines is 1. The highest BCUT2D eigenvalue weighted by Gasteiger charge is 2.21. The zero-order chi connectivity index (χ0) is 16.9. The van der Waals surface area contributed by atoms with Gasteiger partial charge >= 0.3 is 0 Å². The summed E-state index contributed by atoms with van der Waals surface area (Å²) in [7, 11) is 0. The summed E-state index contributed by atoms with van der Waals surface area (Å²) in [5, 5.41) is 4.22. The first-order chi connectivity index (χ1) is 11.7. The molecule has 2 heterocycles. The minimum atomic E-state index is -0.332. The average molecular weight is 328 g/mol. The minimum absolute atomic E-state index is 0.187. The van der Waals surface area contributed by atoms with Crippen molar-refractivity contribution in [1.82, 2.24) is 4.98 Å². The van der Waals surface area contributed by atoms with Crippen molar-refractivity contribution in [2.24, 2.45) is 0 Å². The maximum absolute atomic E-state index is 12.1. The first-order valence-electron chi connectivity index (χ1n) is 8.89. The van der Waals surface area contributed by atoms with Crippen LogP contribution in [0.15, 0.2) is 29.1 Å². The Morgan fingerprint density at radius 1 is 1.33 bits per heavy atom. The molecule has 2 aromatic rings. The van der Waals surface area contributed by atoms with Crippen LogP contribution in [0.1, 0.15) is 43.0 Å². The van der Waals surface area contributed by atoms with Gasteiger partial charge in [0, 0.05) is 18.4 Å². The molecule has 128 valence electrons. The maximum atomic E-state index is 12.1. The quantitative estimate of drug-likeness (QED) is 0.557. The highest BCUT2D eigenvalue weighted by molar-refractivity contribution is 5.99. The number of benzene rings is 1. The van der Waals surface area contributed by atoms with Gasteiger partial charge in [0.05, 0.1) is 30.3 Å². The number of H-pyrrole nitrogens is 1. The molecular formula is C19H26N3O2+. The van der Waals surface area contributed by atoms with E-state index in [1.54, 1.807) is 4.90 Å². The van der Waals surface area contributed by atoms with E-state index in [1.165, 1.54) is 25.8 Å². The fourth-order valence-electron chi connectivity index (χ4n) is 3.71. The summed E-state index contributed by atoms with van der Waals surface area (Å²) in [4.78, 5) is 27.9. The van der Waals surface area contributed by atoms with Crippen LogP contribution in [0.5, 0.6) is 0 Å². The normalized spacial score (nSPS) is 20.9. The highest BCUT2D eigenvalue weighted by Crippen LogP contribution is 2.22. The number of aldehydes is 1. The number of nitrogens with one attached hydrogen (secondary N) is 3. The summed E-state index contributed by atoms with van der Waals surface area (Å²) in [5.41, 5.74) is 1.27. The number of aromatic nitrogens is 1. The number of pyridine rings is 1. The number of carbonyl (C=O) groups excluding carboxylic acids is 1. The smallest absolute Gasteiger partial charge is 0.261 e. The summed E-state index contributed by atoms with van der Waals surface area (Å²) in [6.07, 6.45) is 5.66. The van der Waals surface area contributed by atoms with Crippen LogP contribution in [0, 0.1) is 0 Å². The Morgan fingerprint density at radius 3 is 2.96 bits per heavy atom. The second-order valence-corrected chi connectivity index (χ2v) is 6.74. The van der Waals surface area contributed by atoms with Crippen LogP contribution in [0.2, 0.25) is 0 Å². The van der Waals surface area contributed by atoms with Crippen molar-refractivity contribution < 1.29 is 9.69 Å². The average Bonchev–Trinajstić information content (AvgIpc) is 2.59. The molecule has 0 spiro atoms. The molecule has 0 amide bonds. The SMILES string of the molecule is C[C@@H]1CCCC[NH+]1CCCNc1c(C=O)c(=O)[nH]c2ccccc12. The van der Waals surface area contributed by atoms with E-state index in [2.05, 4.69) is 17.2 Å². The van der Waals surface area contributed by atoms with Gasteiger partial charge in [-0.2, -0.15) is 0 Å². The van der Waals surface area contributed by atoms with Gasteiger partial charge in [0.15, 0.2) is 6.29 Å². The lowest BCUT2D eigenvalue weighted by Gasteiger charge is -2.30. The van der Waals surface area contributed by atoms with E-state index < -0.39 is 0 Å². The first kappa shape index (κ1) is 16.7. The summed E-state index contributed by atoms with van der Waals surface area (Å²) in [6.45, 7) is 5.49. The number of hydrogen-bond donors (Lipinski definition) is 3. The van der Waals surface area contributed by atoms with Crippen molar-refractivity contribution in [3.05, 3.63) is 40.2 Å². The van der Waals surface area contributed by atoms with Gasteiger partial charge in [-0.05, 0) is 32.3 Å². The fourth-order valence-corrected chi connectivity index (χ4v) is 3.71. The molecule has 3 rings (SSSR count). The molecule has 0 radical (unpaired) electrons. The predicted molar refractivity (Wildman–Crippen MR) is 97.1 cm³/mol. The monoisotopic (exact) mass is 328 g/mol. The van der Waals surface area contributed by atoms with E-state index in [0.29, 0.717) is 12.0 Å². The number of rotatable bonds is 6. The standard InChI is InChI=1S/C19H25N3O2/c1-14-7-4-5-11-22(14)12-6-10-20-18-15-8-2-3-9-17(15)21-19(24)16(18)13-23/h2-3,8-9,13-14H,4-7,10-12H2,1H3,(H2,20,21,24)/p+1/t14-/m1/s1. The number of hydrogen-bond acceptors (Lipinski definition) is 3. The molecule has 0 saturated carbocycles. The second-order valence-electron chi connectivity index (χ2n) is 6.74. The van der Waals surface area contributed by atoms with Gasteiger partial charge in [-0.15, -0.1) is 0 Å². The Labute approximate surface area is 142 Å². The molecule has 2 atom stereocenters. The van der Waals surface area contributed by atoms with E-state index in [4.69, 9.17) is 0 Å². The lowest BCUT2D eigenvalue weighted by Crippen LogP contribution is -3.16. The van der Waals surface area contributed by atoms with Crippen LogP contribution in [-0.4, -0.2) is 36.9 Å². The molecule has 1 aromatic carbocycles. The van der Waals surface area contributed by atoms with E-state index >= 15 is 0 Å². The zero-order valence-electron chi connectivity index (χ0n) is 14.2. The summed E-state index contributed by atoms with van der Waals surface area (Å²) >= 11 is 0. The summed E-state index contributed by atoms with van der Waals surface area (Å²) in [5.74, 6) is 0. The van der Waals surface area contributed by atoms with Gasteiger partial charge in [0.1, 0.15) is 5.56 Å². The molecular weight excluding hydrogens is 302 g/mol. The molecule has 1 aliphatic heterocycles. The number of quaternary nitrogens is 1. The Morgan fingerprint density at radius 2 is 2.17 bits per heavy atom. The van der Waals surface area contributed by atoms with Crippen LogP contribution < -0.4 is 15.8 Å². The van der Waals surface area contributed by atoms with E-state index in [-0.39, 0.29) is 11.1 Å². The molecule has 5 heteroatoms. The zero-order valence-corrected chi connectivity index (χ0v) is 14.2. The third-order valence-electron chi connectivity index (χ3n) is 5.13. The molecule has 1 aromatic heterocycles. The second kappa shape index (κ2) is 7.62. The largest absolute Gasteiger partial charge is 0.384 e. The third kappa shape index (κ3) is 3.51. The van der Waals surface area contributed by atoms with Crippen molar-refractivity contribution in [2.45, 2.75) is 38.6 Å². The summed E-state index contributed by atoms with van der Waals surface area (Å²) in [6, 6.07) is 8.32. The van der Waals surface area contributed by atoms with Crippen molar-refractivity contribution >= 4 is 22.9 Å². The molecule has 1 aliphatic rings.